The monoisotopic (exact) mass is 640 g/mol. The molecule has 11 heteroatoms. The normalized spacial score (nSPS) is 13.8. The van der Waals surface area contributed by atoms with E-state index in [9.17, 15) is 0 Å². The van der Waals surface area contributed by atoms with Crippen LogP contribution in [0.4, 0.5) is 0 Å². The van der Waals surface area contributed by atoms with Crippen LogP contribution >= 0.6 is 0 Å². The van der Waals surface area contributed by atoms with E-state index in [0.717, 1.165) is 85.7 Å². The summed E-state index contributed by atoms with van der Waals surface area (Å²) in [6.45, 7) is 21.1. The van der Waals surface area contributed by atoms with Gasteiger partial charge in [0.15, 0.2) is 25.0 Å². The molecule has 0 atom stereocenters. The van der Waals surface area contributed by atoms with E-state index >= 15 is 0 Å². The molecule has 0 unspecified atom stereocenters. The number of unbranched alkanes of at least 4 members (excludes halogenated alkanes) is 4. The maximum absolute atomic E-state index is 7.57. The van der Waals surface area contributed by atoms with Gasteiger partial charge in [-0.1, -0.05) is 81.6 Å². The van der Waals surface area contributed by atoms with E-state index in [1.54, 1.807) is 21.3 Å². The first kappa shape index (κ1) is 39.8. The van der Waals surface area contributed by atoms with E-state index in [0.29, 0.717) is 0 Å². The van der Waals surface area contributed by atoms with Crippen LogP contribution in [0.15, 0.2) is 0 Å². The summed E-state index contributed by atoms with van der Waals surface area (Å²) in [7, 11) is -6.01. The van der Waals surface area contributed by atoms with Gasteiger partial charge in [-0.25, -0.2) is 0 Å². The maximum Gasteiger partial charge on any atom is 0.500 e. The molecule has 0 N–H and O–H groups in total. The molecule has 39 heavy (non-hydrogen) atoms. The third kappa shape index (κ3) is 11.8. The van der Waals surface area contributed by atoms with Gasteiger partial charge in [0.1, 0.15) is 0 Å². The van der Waals surface area contributed by atoms with Crippen molar-refractivity contribution < 1.29 is 25.6 Å². The molecule has 0 rings (SSSR count). The second kappa shape index (κ2) is 19.9. The number of hydrogen-bond donors (Lipinski definition) is 0. The van der Waals surface area contributed by atoms with Gasteiger partial charge in [0, 0.05) is 33.4 Å². The molecule has 0 aliphatic carbocycles. The summed E-state index contributed by atoms with van der Waals surface area (Å²) in [5.41, 5.74) is 0. The van der Waals surface area contributed by atoms with Crippen LogP contribution in [0.2, 0.25) is 66.5 Å². The van der Waals surface area contributed by atoms with Crippen LogP contribution in [-0.2, 0) is 25.6 Å². The minimum Gasteiger partial charge on any atom is -0.416 e. The van der Waals surface area contributed by atoms with E-state index in [4.69, 9.17) is 25.6 Å². The highest BCUT2D eigenvalue weighted by molar-refractivity contribution is 6.92. The fourth-order valence-electron chi connectivity index (χ4n) is 5.87. The summed E-state index contributed by atoms with van der Waals surface area (Å²) < 4.78 is 39.5. The molecule has 0 fully saturated rings. The van der Waals surface area contributed by atoms with Crippen molar-refractivity contribution in [3.8, 4) is 0 Å². The highest BCUT2D eigenvalue weighted by Crippen LogP contribution is 2.39. The zero-order valence-corrected chi connectivity index (χ0v) is 33.3. The van der Waals surface area contributed by atoms with Crippen LogP contribution in [0.25, 0.3) is 0 Å². The van der Waals surface area contributed by atoms with Gasteiger partial charge in [-0.05, 0) is 67.2 Å². The van der Waals surface area contributed by atoms with Gasteiger partial charge in [-0.3, -0.25) is 0 Å². The lowest BCUT2D eigenvalue weighted by atomic mass is 10.2. The van der Waals surface area contributed by atoms with E-state index in [2.05, 4.69) is 62.3 Å². The van der Waals surface area contributed by atoms with Crippen molar-refractivity contribution in [2.24, 2.45) is 0 Å². The minimum absolute atomic E-state index is 0.872. The van der Waals surface area contributed by atoms with Gasteiger partial charge < -0.3 is 25.6 Å². The molecule has 0 radical (unpaired) electrons. The molecule has 0 aliphatic rings. The SMILES string of the molecule is CC[Si](CC)(CC)O[Si](CCCCCCC[Si](OC)(OC)OC)(O[Si](CC)(CC)CC)O[Si](CC)(CC)CC. The Balaban J connectivity index is 6.04. The Kier molecular flexibility index (Phi) is 20.4. The fourth-order valence-corrected chi connectivity index (χ4v) is 28.8. The molecule has 0 bridgehead atoms. The predicted octanol–water partition coefficient (Wildman–Crippen LogP) is 9.82. The molecule has 0 amide bonds. The van der Waals surface area contributed by atoms with Crippen molar-refractivity contribution >= 4 is 42.6 Å². The van der Waals surface area contributed by atoms with Crippen molar-refractivity contribution in [1.29, 1.82) is 0 Å². The van der Waals surface area contributed by atoms with Crippen molar-refractivity contribution in [1.82, 2.24) is 0 Å². The zero-order chi connectivity index (χ0) is 30.1. The standard InChI is InChI=1S/C28H68O6Si5/c1-13-35(14-2,15-3)32-39(33-36(16-4,17-5)18-6,34-37(19-7,20-8)21-9)28-26-24-22-23-25-27-38(29-10,30-11)31-12/h13-28H2,1-12H3. The third-order valence-electron chi connectivity index (χ3n) is 9.81. The highest BCUT2D eigenvalue weighted by Gasteiger charge is 2.54. The van der Waals surface area contributed by atoms with Crippen LogP contribution < -0.4 is 0 Å². The van der Waals surface area contributed by atoms with Gasteiger partial charge >= 0.3 is 17.6 Å². The average molecular weight is 641 g/mol. The molecule has 236 valence electrons. The lowest BCUT2D eigenvalue weighted by molar-refractivity contribution is 0.122. The van der Waals surface area contributed by atoms with Crippen LogP contribution in [0.1, 0.15) is 94.4 Å². The Hall–Kier alpha value is 0.844. The third-order valence-corrected chi connectivity index (χ3v) is 34.1. The lowest BCUT2D eigenvalue weighted by Crippen LogP contribution is -2.64. The maximum atomic E-state index is 7.57. The molecule has 0 aromatic heterocycles. The number of rotatable bonds is 26. The molecule has 0 aliphatic heterocycles. The smallest absolute Gasteiger partial charge is 0.416 e. The first-order valence-electron chi connectivity index (χ1n) is 16.3. The molecular weight excluding hydrogens is 573 g/mol. The Morgan fingerprint density at radius 2 is 0.564 bits per heavy atom. The topological polar surface area (TPSA) is 55.4 Å². The van der Waals surface area contributed by atoms with Crippen molar-refractivity contribution in [3.63, 3.8) is 0 Å². The second-order valence-electron chi connectivity index (χ2n) is 11.3. The Bertz CT molecular complexity index is 523. The summed E-state index contributed by atoms with van der Waals surface area (Å²) in [6, 6.07) is 12.1. The Morgan fingerprint density at radius 1 is 0.333 bits per heavy atom. The second-order valence-corrected chi connectivity index (χ2v) is 32.2. The highest BCUT2D eigenvalue weighted by atomic mass is 28.5. The van der Waals surface area contributed by atoms with Crippen molar-refractivity contribution in [2.75, 3.05) is 21.3 Å². The summed E-state index contributed by atoms with van der Waals surface area (Å²) in [4.78, 5) is 0. The summed E-state index contributed by atoms with van der Waals surface area (Å²) in [5.74, 6) is 0. The molecule has 0 aromatic rings. The minimum atomic E-state index is -2.87. The molecule has 0 aromatic carbocycles. The largest absolute Gasteiger partial charge is 0.500 e. The molecule has 0 spiro atoms. The average Bonchev–Trinajstić information content (AvgIpc) is 2.99. The van der Waals surface area contributed by atoms with Crippen molar-refractivity contribution in [3.05, 3.63) is 0 Å². The Morgan fingerprint density at radius 3 is 0.795 bits per heavy atom. The first-order chi connectivity index (χ1) is 18.6. The summed E-state index contributed by atoms with van der Waals surface area (Å²) in [6.07, 6.45) is 5.73. The van der Waals surface area contributed by atoms with Gasteiger partial charge in [-0.2, -0.15) is 0 Å². The predicted molar refractivity (Wildman–Crippen MR) is 180 cm³/mol. The fraction of sp³-hybridized carbons (Fsp3) is 1.00. The van der Waals surface area contributed by atoms with Crippen LogP contribution in [0, 0.1) is 0 Å². The summed E-state index contributed by atoms with van der Waals surface area (Å²) in [5, 5.41) is 0. The zero-order valence-electron chi connectivity index (χ0n) is 28.3. The molecule has 0 heterocycles. The molecular formula is C28H68O6Si5. The molecule has 6 nitrogen and oxygen atoms in total. The van der Waals surface area contributed by atoms with E-state index in [1.165, 1.54) is 12.8 Å². The molecule has 0 saturated heterocycles. The number of hydrogen-bond acceptors (Lipinski definition) is 6. The van der Waals surface area contributed by atoms with Gasteiger partial charge in [0.05, 0.1) is 0 Å². The van der Waals surface area contributed by atoms with Crippen LogP contribution in [-0.4, -0.2) is 63.9 Å². The molecule has 0 saturated carbocycles. The van der Waals surface area contributed by atoms with Crippen LogP contribution in [0.5, 0.6) is 0 Å². The quantitative estimate of drug-likeness (QED) is 0.0693. The van der Waals surface area contributed by atoms with Gasteiger partial charge in [-0.15, -0.1) is 0 Å². The van der Waals surface area contributed by atoms with Gasteiger partial charge in [0.2, 0.25) is 0 Å². The lowest BCUT2D eigenvalue weighted by Gasteiger charge is -2.48. The Labute approximate surface area is 249 Å². The van der Waals surface area contributed by atoms with Crippen LogP contribution in [0.3, 0.4) is 0 Å². The van der Waals surface area contributed by atoms with E-state index in [1.807, 2.05) is 0 Å². The first-order valence-corrected chi connectivity index (χ1v) is 27.8. The van der Waals surface area contributed by atoms with Crippen molar-refractivity contribution in [2.45, 2.75) is 161 Å². The van der Waals surface area contributed by atoms with Gasteiger partial charge in [0.25, 0.3) is 0 Å². The summed E-state index contributed by atoms with van der Waals surface area (Å²) >= 11 is 0. The van der Waals surface area contributed by atoms with E-state index < -0.39 is 42.6 Å². The van der Waals surface area contributed by atoms with E-state index in [-0.39, 0.29) is 0 Å².